The third-order valence-electron chi connectivity index (χ3n) is 3.88. The molecule has 1 N–H and O–H groups in total. The number of aromatic nitrogens is 3. The summed E-state index contributed by atoms with van der Waals surface area (Å²) in [5.74, 6) is 0.874. The first-order valence-electron chi connectivity index (χ1n) is 7.50. The standard InChI is InChI=1S/C15H19ClN4O3/c1-9-3-12(23-19-9)4-11-7-22-8-14(11)17-15(21)6-20-5-13(16)10(2)18-20/h3,5,11,14H,4,6-8H2,1-2H3,(H,17,21)/t11-,14+/m1/s1. The number of hydrogen-bond acceptors (Lipinski definition) is 5. The van der Waals surface area contributed by atoms with E-state index < -0.39 is 0 Å². The van der Waals surface area contributed by atoms with E-state index in [1.165, 1.54) is 4.68 Å². The molecule has 8 heteroatoms. The largest absolute Gasteiger partial charge is 0.379 e. The average Bonchev–Trinajstić information content (AvgIpc) is 3.15. The van der Waals surface area contributed by atoms with Gasteiger partial charge in [-0.1, -0.05) is 16.8 Å². The van der Waals surface area contributed by atoms with Crippen LogP contribution in [0.25, 0.3) is 0 Å². The fourth-order valence-electron chi connectivity index (χ4n) is 2.70. The summed E-state index contributed by atoms with van der Waals surface area (Å²) in [5, 5.41) is 11.6. The Hall–Kier alpha value is -1.86. The van der Waals surface area contributed by atoms with Gasteiger partial charge < -0.3 is 14.6 Å². The van der Waals surface area contributed by atoms with E-state index in [4.69, 9.17) is 20.9 Å². The zero-order chi connectivity index (χ0) is 16.4. The monoisotopic (exact) mass is 338 g/mol. The van der Waals surface area contributed by atoms with Gasteiger partial charge in [0.15, 0.2) is 0 Å². The van der Waals surface area contributed by atoms with Gasteiger partial charge in [-0.3, -0.25) is 9.48 Å². The normalized spacial score (nSPS) is 20.8. The van der Waals surface area contributed by atoms with Crippen LogP contribution >= 0.6 is 11.6 Å². The molecular formula is C15H19ClN4O3. The molecule has 0 unspecified atom stereocenters. The van der Waals surface area contributed by atoms with Crippen molar-refractivity contribution in [3.05, 3.63) is 34.4 Å². The van der Waals surface area contributed by atoms with E-state index in [9.17, 15) is 4.79 Å². The Kier molecular flexibility index (Phi) is 4.68. The van der Waals surface area contributed by atoms with Gasteiger partial charge in [-0.15, -0.1) is 0 Å². The summed E-state index contributed by atoms with van der Waals surface area (Å²) in [5.41, 5.74) is 1.56. The molecule has 23 heavy (non-hydrogen) atoms. The van der Waals surface area contributed by atoms with Gasteiger partial charge in [0.25, 0.3) is 0 Å². The van der Waals surface area contributed by atoms with Crippen molar-refractivity contribution < 1.29 is 14.1 Å². The van der Waals surface area contributed by atoms with Crippen LogP contribution in [0.1, 0.15) is 17.1 Å². The van der Waals surface area contributed by atoms with Crippen LogP contribution in [-0.2, 0) is 22.5 Å². The van der Waals surface area contributed by atoms with Crippen LogP contribution in [0.4, 0.5) is 0 Å². The van der Waals surface area contributed by atoms with Gasteiger partial charge in [-0.2, -0.15) is 5.10 Å². The van der Waals surface area contributed by atoms with Gasteiger partial charge in [-0.05, 0) is 13.8 Å². The second-order valence-corrected chi connectivity index (χ2v) is 6.28. The highest BCUT2D eigenvalue weighted by Crippen LogP contribution is 2.20. The van der Waals surface area contributed by atoms with Crippen LogP contribution in [0, 0.1) is 19.8 Å². The lowest BCUT2D eigenvalue weighted by Gasteiger charge is -2.18. The summed E-state index contributed by atoms with van der Waals surface area (Å²) in [6, 6.07) is 1.87. The van der Waals surface area contributed by atoms with Gasteiger partial charge in [0, 0.05) is 24.6 Å². The highest BCUT2D eigenvalue weighted by Gasteiger charge is 2.30. The summed E-state index contributed by atoms with van der Waals surface area (Å²) >= 11 is 5.95. The van der Waals surface area contributed by atoms with E-state index in [1.807, 2.05) is 13.0 Å². The van der Waals surface area contributed by atoms with E-state index in [2.05, 4.69) is 15.6 Å². The molecule has 2 aromatic heterocycles. The zero-order valence-electron chi connectivity index (χ0n) is 13.1. The number of ether oxygens (including phenoxy) is 1. The van der Waals surface area contributed by atoms with Crippen LogP contribution in [0.3, 0.4) is 0 Å². The Balaban J connectivity index is 1.56. The summed E-state index contributed by atoms with van der Waals surface area (Å²) < 4.78 is 12.3. The molecule has 1 fully saturated rings. The molecule has 7 nitrogen and oxygen atoms in total. The minimum atomic E-state index is -0.113. The molecule has 0 aliphatic carbocycles. The Morgan fingerprint density at radius 2 is 2.30 bits per heavy atom. The smallest absolute Gasteiger partial charge is 0.242 e. The second kappa shape index (κ2) is 6.72. The maximum Gasteiger partial charge on any atom is 0.242 e. The molecule has 2 atom stereocenters. The van der Waals surface area contributed by atoms with Crippen LogP contribution < -0.4 is 5.32 Å². The molecule has 1 amide bonds. The molecule has 0 aromatic carbocycles. The van der Waals surface area contributed by atoms with Crippen LogP contribution in [0.5, 0.6) is 0 Å². The first-order valence-corrected chi connectivity index (χ1v) is 7.88. The third kappa shape index (κ3) is 3.92. The minimum absolute atomic E-state index is 0.0416. The summed E-state index contributed by atoms with van der Waals surface area (Å²) in [6.07, 6.45) is 2.34. The first kappa shape index (κ1) is 16.0. The molecular weight excluding hydrogens is 320 g/mol. The lowest BCUT2D eigenvalue weighted by molar-refractivity contribution is -0.122. The molecule has 0 spiro atoms. The van der Waals surface area contributed by atoms with E-state index >= 15 is 0 Å². The fraction of sp³-hybridized carbons (Fsp3) is 0.533. The summed E-state index contributed by atoms with van der Waals surface area (Å²) in [7, 11) is 0. The van der Waals surface area contributed by atoms with Gasteiger partial charge in [0.2, 0.25) is 5.91 Å². The quantitative estimate of drug-likeness (QED) is 0.893. The third-order valence-corrected chi connectivity index (χ3v) is 4.25. The van der Waals surface area contributed by atoms with Crippen molar-refractivity contribution in [1.29, 1.82) is 0 Å². The van der Waals surface area contributed by atoms with Crippen LogP contribution in [0.15, 0.2) is 16.8 Å². The molecule has 1 aliphatic rings. The minimum Gasteiger partial charge on any atom is -0.379 e. The molecule has 0 saturated carbocycles. The van der Waals surface area contributed by atoms with Crippen molar-refractivity contribution in [2.24, 2.45) is 5.92 Å². The summed E-state index contributed by atoms with van der Waals surface area (Å²) in [6.45, 7) is 4.92. The number of hydrogen-bond donors (Lipinski definition) is 1. The van der Waals surface area contributed by atoms with Crippen LogP contribution in [0.2, 0.25) is 5.02 Å². The van der Waals surface area contributed by atoms with E-state index in [1.54, 1.807) is 13.1 Å². The van der Waals surface area contributed by atoms with Crippen molar-refractivity contribution in [3.8, 4) is 0 Å². The van der Waals surface area contributed by atoms with Crippen molar-refractivity contribution in [3.63, 3.8) is 0 Å². The molecule has 1 saturated heterocycles. The highest BCUT2D eigenvalue weighted by molar-refractivity contribution is 6.31. The average molecular weight is 339 g/mol. The number of amides is 1. The maximum absolute atomic E-state index is 12.2. The number of carbonyl (C=O) groups excluding carboxylic acids is 1. The molecule has 0 radical (unpaired) electrons. The molecule has 124 valence electrons. The Morgan fingerprint density at radius 1 is 1.48 bits per heavy atom. The van der Waals surface area contributed by atoms with Gasteiger partial charge >= 0.3 is 0 Å². The van der Waals surface area contributed by atoms with Gasteiger partial charge in [0.1, 0.15) is 12.3 Å². The lowest BCUT2D eigenvalue weighted by atomic mass is 9.98. The molecule has 2 aromatic rings. The predicted molar refractivity (Wildman–Crippen MR) is 83.2 cm³/mol. The van der Waals surface area contributed by atoms with Crippen molar-refractivity contribution in [2.45, 2.75) is 32.9 Å². The molecule has 3 rings (SSSR count). The fourth-order valence-corrected chi connectivity index (χ4v) is 2.85. The maximum atomic E-state index is 12.2. The van der Waals surface area contributed by atoms with Crippen molar-refractivity contribution >= 4 is 17.5 Å². The van der Waals surface area contributed by atoms with Gasteiger partial charge in [0.05, 0.1) is 35.7 Å². The van der Waals surface area contributed by atoms with E-state index in [0.29, 0.717) is 30.4 Å². The topological polar surface area (TPSA) is 82.2 Å². The lowest BCUT2D eigenvalue weighted by Crippen LogP contribution is -2.42. The number of carbonyl (C=O) groups is 1. The van der Waals surface area contributed by atoms with Gasteiger partial charge in [-0.25, -0.2) is 0 Å². The number of nitrogens with zero attached hydrogens (tertiary/aromatic N) is 3. The zero-order valence-corrected chi connectivity index (χ0v) is 13.8. The molecule has 3 heterocycles. The van der Waals surface area contributed by atoms with E-state index in [-0.39, 0.29) is 24.4 Å². The van der Waals surface area contributed by atoms with Crippen LogP contribution in [-0.4, -0.2) is 40.1 Å². The van der Waals surface area contributed by atoms with Crippen molar-refractivity contribution in [2.75, 3.05) is 13.2 Å². The Labute approximate surface area is 138 Å². The predicted octanol–water partition coefficient (Wildman–Crippen LogP) is 1.52. The Morgan fingerprint density at radius 3 is 2.96 bits per heavy atom. The number of halogens is 1. The number of aryl methyl sites for hydroxylation is 2. The molecule has 0 bridgehead atoms. The Bertz CT molecular complexity index is 677. The number of rotatable bonds is 5. The first-order chi connectivity index (χ1) is 11.0. The molecule has 1 aliphatic heterocycles. The van der Waals surface area contributed by atoms with Crippen molar-refractivity contribution in [1.82, 2.24) is 20.3 Å². The number of nitrogens with one attached hydrogen (secondary N) is 1. The second-order valence-electron chi connectivity index (χ2n) is 5.87. The highest BCUT2D eigenvalue weighted by atomic mass is 35.5. The SMILES string of the molecule is Cc1cc(C[C@@H]2COC[C@@H]2NC(=O)Cn2cc(Cl)c(C)n2)on1. The summed E-state index contributed by atoms with van der Waals surface area (Å²) in [4.78, 5) is 12.2. The van der Waals surface area contributed by atoms with E-state index in [0.717, 1.165) is 11.5 Å².